The van der Waals surface area contributed by atoms with Crippen LogP contribution in [0.15, 0.2) is 18.2 Å². The second-order valence-electron chi connectivity index (χ2n) is 7.29. The van der Waals surface area contributed by atoms with E-state index in [1.807, 2.05) is 11.0 Å². The third kappa shape index (κ3) is 3.79. The summed E-state index contributed by atoms with van der Waals surface area (Å²) in [5.41, 5.74) is 1.25. The lowest BCUT2D eigenvalue weighted by atomic mass is 10.0. The molecule has 1 N–H and O–H groups in total. The number of aliphatic hydroxyl groups excluding tert-OH is 1. The minimum absolute atomic E-state index is 0.142. The van der Waals surface area contributed by atoms with E-state index in [9.17, 15) is 4.79 Å². The van der Waals surface area contributed by atoms with E-state index >= 15 is 0 Å². The minimum Gasteiger partial charge on any atom is -0.454 e. The molecule has 1 aromatic carbocycles. The highest BCUT2D eigenvalue weighted by atomic mass is 16.7. The van der Waals surface area contributed by atoms with Crippen molar-refractivity contribution >= 4 is 5.91 Å². The van der Waals surface area contributed by atoms with Crippen LogP contribution in [0.5, 0.6) is 11.5 Å². The second-order valence-corrected chi connectivity index (χ2v) is 7.29. The average molecular weight is 361 g/mol. The molecule has 0 bridgehead atoms. The predicted molar refractivity (Wildman–Crippen MR) is 96.1 cm³/mol. The molecule has 2 saturated heterocycles. The summed E-state index contributed by atoms with van der Waals surface area (Å²) in [6.45, 7) is 6.49. The molecule has 142 valence electrons. The summed E-state index contributed by atoms with van der Waals surface area (Å²) in [7, 11) is 0. The number of piperidine rings is 1. The lowest BCUT2D eigenvalue weighted by Gasteiger charge is -2.43. The molecule has 3 aliphatic rings. The van der Waals surface area contributed by atoms with Gasteiger partial charge < -0.3 is 19.5 Å². The first-order valence-electron chi connectivity index (χ1n) is 9.46. The molecular weight excluding hydrogens is 334 g/mol. The minimum atomic E-state index is -0.379. The number of hydrogen-bond donors (Lipinski definition) is 1. The van der Waals surface area contributed by atoms with Crippen LogP contribution in [0.2, 0.25) is 0 Å². The maximum absolute atomic E-state index is 11.8. The highest BCUT2D eigenvalue weighted by Gasteiger charge is 2.29. The van der Waals surface area contributed by atoms with E-state index in [-0.39, 0.29) is 12.5 Å². The van der Waals surface area contributed by atoms with Gasteiger partial charge in [-0.1, -0.05) is 6.07 Å². The third-order valence-corrected chi connectivity index (χ3v) is 5.65. The molecular formula is C19H27N3O4. The Hall–Kier alpha value is -1.83. The van der Waals surface area contributed by atoms with Gasteiger partial charge in [0.1, 0.15) is 6.61 Å². The fourth-order valence-corrected chi connectivity index (χ4v) is 4.16. The van der Waals surface area contributed by atoms with E-state index < -0.39 is 0 Å². The van der Waals surface area contributed by atoms with Gasteiger partial charge in [-0.2, -0.15) is 0 Å². The number of nitrogens with zero attached hydrogens (tertiary/aromatic N) is 3. The van der Waals surface area contributed by atoms with Crippen molar-refractivity contribution in [1.82, 2.24) is 14.7 Å². The van der Waals surface area contributed by atoms with Gasteiger partial charge in [-0.15, -0.1) is 0 Å². The maximum atomic E-state index is 11.8. The molecule has 0 radical (unpaired) electrons. The van der Waals surface area contributed by atoms with Crippen LogP contribution in [0.25, 0.3) is 0 Å². The van der Waals surface area contributed by atoms with Crippen molar-refractivity contribution in [3.63, 3.8) is 0 Å². The number of hydrogen-bond acceptors (Lipinski definition) is 6. The Morgan fingerprint density at radius 3 is 2.73 bits per heavy atom. The van der Waals surface area contributed by atoms with Crippen LogP contribution in [-0.2, 0) is 11.3 Å². The van der Waals surface area contributed by atoms with Gasteiger partial charge in [-0.05, 0) is 30.5 Å². The van der Waals surface area contributed by atoms with Crippen molar-refractivity contribution in [2.45, 2.75) is 25.4 Å². The largest absolute Gasteiger partial charge is 0.454 e. The van der Waals surface area contributed by atoms with Crippen molar-refractivity contribution in [3.8, 4) is 11.5 Å². The third-order valence-electron chi connectivity index (χ3n) is 5.65. The van der Waals surface area contributed by atoms with Crippen LogP contribution < -0.4 is 9.47 Å². The molecule has 0 aliphatic carbocycles. The Labute approximate surface area is 154 Å². The lowest BCUT2D eigenvalue weighted by molar-refractivity contribution is -0.136. The molecule has 1 aromatic rings. The van der Waals surface area contributed by atoms with Crippen molar-refractivity contribution in [1.29, 1.82) is 0 Å². The molecule has 0 spiro atoms. The highest BCUT2D eigenvalue weighted by Crippen LogP contribution is 2.33. The van der Waals surface area contributed by atoms with Crippen LogP contribution in [-0.4, -0.2) is 84.4 Å². The SMILES string of the molecule is O=C(CO)N1CCC[C@@H](N2CCN(Cc3ccc4c(c3)OCO4)CC2)C1. The maximum Gasteiger partial charge on any atom is 0.248 e. The fraction of sp³-hybridized carbons (Fsp3) is 0.632. The number of amides is 1. The van der Waals surface area contributed by atoms with Gasteiger partial charge in [0, 0.05) is 51.9 Å². The molecule has 1 amide bonds. The van der Waals surface area contributed by atoms with Gasteiger partial charge in [0.05, 0.1) is 0 Å². The molecule has 7 heteroatoms. The van der Waals surface area contributed by atoms with Gasteiger partial charge in [-0.3, -0.25) is 14.6 Å². The Kier molecular flexibility index (Phi) is 5.28. The zero-order valence-corrected chi connectivity index (χ0v) is 15.1. The molecule has 0 saturated carbocycles. The Bertz CT molecular complexity index is 646. The summed E-state index contributed by atoms with van der Waals surface area (Å²) >= 11 is 0. The number of benzene rings is 1. The van der Waals surface area contributed by atoms with E-state index in [2.05, 4.69) is 21.9 Å². The Morgan fingerprint density at radius 2 is 1.92 bits per heavy atom. The Balaban J connectivity index is 1.28. The lowest BCUT2D eigenvalue weighted by Crippen LogP contribution is -2.55. The van der Waals surface area contributed by atoms with Crippen molar-refractivity contribution < 1.29 is 19.4 Å². The number of likely N-dealkylation sites (tertiary alicyclic amines) is 1. The number of ether oxygens (including phenoxy) is 2. The normalized spacial score (nSPS) is 24.0. The smallest absolute Gasteiger partial charge is 0.248 e. The monoisotopic (exact) mass is 361 g/mol. The zero-order chi connectivity index (χ0) is 17.9. The van der Waals surface area contributed by atoms with E-state index in [0.717, 1.165) is 70.2 Å². The van der Waals surface area contributed by atoms with Gasteiger partial charge in [0.25, 0.3) is 0 Å². The van der Waals surface area contributed by atoms with Gasteiger partial charge in [0.2, 0.25) is 12.7 Å². The van der Waals surface area contributed by atoms with Gasteiger partial charge >= 0.3 is 0 Å². The number of fused-ring (bicyclic) bond motifs is 1. The van der Waals surface area contributed by atoms with E-state index in [1.165, 1.54) is 5.56 Å². The summed E-state index contributed by atoms with van der Waals surface area (Å²) < 4.78 is 10.8. The van der Waals surface area contributed by atoms with Crippen LogP contribution in [0.4, 0.5) is 0 Å². The summed E-state index contributed by atoms with van der Waals surface area (Å²) in [5, 5.41) is 9.09. The molecule has 1 atom stereocenters. The molecule has 2 fully saturated rings. The molecule has 26 heavy (non-hydrogen) atoms. The first-order valence-corrected chi connectivity index (χ1v) is 9.46. The number of piperazine rings is 1. The number of aliphatic hydroxyl groups is 1. The van der Waals surface area contributed by atoms with E-state index in [4.69, 9.17) is 14.6 Å². The van der Waals surface area contributed by atoms with Crippen molar-refractivity contribution in [3.05, 3.63) is 23.8 Å². The number of carbonyl (C=O) groups is 1. The van der Waals surface area contributed by atoms with Gasteiger partial charge in [0.15, 0.2) is 11.5 Å². The molecule has 0 unspecified atom stereocenters. The molecule has 3 aliphatic heterocycles. The molecule has 7 nitrogen and oxygen atoms in total. The predicted octanol–water partition coefficient (Wildman–Crippen LogP) is 0.516. The van der Waals surface area contributed by atoms with Crippen LogP contribution in [0, 0.1) is 0 Å². The molecule has 0 aromatic heterocycles. The molecule has 4 rings (SSSR count). The first kappa shape index (κ1) is 17.6. The van der Waals surface area contributed by atoms with Crippen molar-refractivity contribution in [2.24, 2.45) is 0 Å². The van der Waals surface area contributed by atoms with E-state index in [1.54, 1.807) is 0 Å². The summed E-state index contributed by atoms with van der Waals surface area (Å²) in [6, 6.07) is 6.60. The van der Waals surface area contributed by atoms with Crippen LogP contribution in [0.3, 0.4) is 0 Å². The first-order chi connectivity index (χ1) is 12.7. The van der Waals surface area contributed by atoms with Crippen molar-refractivity contribution in [2.75, 3.05) is 52.7 Å². The van der Waals surface area contributed by atoms with Gasteiger partial charge in [-0.25, -0.2) is 0 Å². The molecule has 3 heterocycles. The standard InChI is InChI=1S/C19H27N3O4/c23-13-19(24)22-5-1-2-16(12-22)21-8-6-20(7-9-21)11-15-3-4-17-18(10-15)26-14-25-17/h3-4,10,16,23H,1-2,5-9,11-14H2/t16-/m1/s1. The van der Waals surface area contributed by atoms with Crippen LogP contribution in [0.1, 0.15) is 18.4 Å². The number of carbonyl (C=O) groups excluding carboxylic acids is 1. The summed E-state index contributed by atoms with van der Waals surface area (Å²) in [6.07, 6.45) is 2.16. The highest BCUT2D eigenvalue weighted by molar-refractivity contribution is 5.77. The van der Waals surface area contributed by atoms with Crippen LogP contribution >= 0.6 is 0 Å². The Morgan fingerprint density at radius 1 is 1.12 bits per heavy atom. The quantitative estimate of drug-likeness (QED) is 0.843. The fourth-order valence-electron chi connectivity index (χ4n) is 4.16. The topological polar surface area (TPSA) is 65.5 Å². The average Bonchev–Trinajstić information content (AvgIpc) is 3.16. The summed E-state index contributed by atoms with van der Waals surface area (Å²) in [5.74, 6) is 1.53. The van der Waals surface area contributed by atoms with E-state index in [0.29, 0.717) is 12.8 Å². The number of rotatable bonds is 4. The second kappa shape index (κ2) is 7.82. The zero-order valence-electron chi connectivity index (χ0n) is 15.1. The summed E-state index contributed by atoms with van der Waals surface area (Å²) in [4.78, 5) is 18.5.